The Morgan fingerprint density at radius 1 is 0.369 bits per heavy atom. The number of urea groups is 1. The van der Waals surface area contributed by atoms with Crippen LogP contribution in [0.2, 0.25) is 0 Å². The van der Waals surface area contributed by atoms with Crippen LogP contribution in [-0.4, -0.2) is 29.1 Å². The number of rotatable bonds is 19. The molecule has 0 aliphatic heterocycles. The molecule has 0 heterocycles. The third kappa shape index (κ3) is 24.4. The van der Waals surface area contributed by atoms with Crippen LogP contribution in [0, 0.1) is 25.6 Å². The molecule has 1 saturated carbocycles. The Kier molecular flexibility index (Phi) is 33.0. The number of carboxylic acids is 1. The zero-order valence-electron chi connectivity index (χ0n) is 62.2. The summed E-state index contributed by atoms with van der Waals surface area (Å²) in [7, 11) is -1.78. The Morgan fingerprint density at radius 2 is 0.613 bits per heavy atom. The SMILES string of the molecule is C=Cc1cc(C)c(NC(=O)Nc2cc(F)ccc2C(=O)NC(C(=O)O)C2CCCCC2)c(C)c1.[Pd].c1ccc(P(c2ccccc2)c2ccccc2)cc1.c1ccc(P(c2ccccc2)c2ccccc2)cc1.c1ccc(P(c2ccccc2)c2ccccc2)cc1.c1ccc(P(c2ccccc2)c2ccccc2)cc1. The van der Waals surface area contributed by atoms with Crippen molar-refractivity contribution in [1.29, 1.82) is 0 Å². The Balaban J connectivity index is 0.000000151. The molecule has 7 nitrogen and oxygen atoms in total. The maximum absolute atomic E-state index is 14.0. The van der Waals surface area contributed by atoms with Gasteiger partial charge in [0.25, 0.3) is 5.91 Å². The fourth-order valence-electron chi connectivity index (χ4n) is 13.2. The summed E-state index contributed by atoms with van der Waals surface area (Å²) in [6, 6.07) is 135. The van der Waals surface area contributed by atoms with Gasteiger partial charge in [0.15, 0.2) is 0 Å². The van der Waals surface area contributed by atoms with E-state index in [9.17, 15) is 23.9 Å². The van der Waals surface area contributed by atoms with Crippen LogP contribution in [0.25, 0.3) is 6.08 Å². The first-order chi connectivity index (χ1) is 54.0. The molecular formula is C98H90FN3O4P4Pd. The normalized spacial score (nSPS) is 11.7. The molecule has 14 aromatic rings. The summed E-state index contributed by atoms with van der Waals surface area (Å²) in [6.45, 7) is 7.43. The minimum Gasteiger partial charge on any atom is -0.480 e. The number of aliphatic carboxylic acids is 1. The summed E-state index contributed by atoms with van der Waals surface area (Å²) in [5.74, 6) is -2.60. The number of carbonyl (C=O) groups is 3. The number of halogens is 1. The Morgan fingerprint density at radius 3 is 0.838 bits per heavy atom. The first-order valence-corrected chi connectivity index (χ1v) is 42.3. The predicted octanol–water partition coefficient (Wildman–Crippen LogP) is 19.3. The van der Waals surface area contributed by atoms with Gasteiger partial charge in [-0.3, -0.25) is 4.79 Å². The number of anilines is 2. The van der Waals surface area contributed by atoms with Crippen LogP contribution in [0.4, 0.5) is 20.6 Å². The zero-order chi connectivity index (χ0) is 76.5. The topological polar surface area (TPSA) is 108 Å². The van der Waals surface area contributed by atoms with Gasteiger partial charge in [-0.25, -0.2) is 14.0 Å². The van der Waals surface area contributed by atoms with E-state index in [1.807, 2.05) is 26.0 Å². The molecule has 1 fully saturated rings. The molecule has 0 radical (unpaired) electrons. The molecule has 0 saturated heterocycles. The number of hydrogen-bond donors (Lipinski definition) is 4. The molecule has 1 unspecified atom stereocenters. The fourth-order valence-corrected chi connectivity index (χ4v) is 22.4. The van der Waals surface area contributed by atoms with E-state index in [-0.39, 0.29) is 37.6 Å². The van der Waals surface area contributed by atoms with Gasteiger partial charge in [0.1, 0.15) is 11.9 Å². The Hall–Kier alpha value is -10.7. The zero-order valence-corrected chi connectivity index (χ0v) is 67.3. The molecule has 13 heteroatoms. The number of hydrogen-bond acceptors (Lipinski definition) is 3. The average molecular weight is 1620 g/mol. The van der Waals surface area contributed by atoms with Gasteiger partial charge in [0, 0.05) is 26.1 Å². The molecule has 15 rings (SSSR count). The average Bonchev–Trinajstić information content (AvgIpc) is 0.945. The second-order valence-electron chi connectivity index (χ2n) is 26.1. The van der Waals surface area contributed by atoms with E-state index in [0.717, 1.165) is 60.9 Å². The Bertz CT molecular complexity index is 4230. The van der Waals surface area contributed by atoms with Gasteiger partial charge >= 0.3 is 12.0 Å². The minimum atomic E-state index is -1.11. The van der Waals surface area contributed by atoms with Crippen molar-refractivity contribution in [2.75, 3.05) is 10.6 Å². The summed E-state index contributed by atoms with van der Waals surface area (Å²) < 4.78 is 14.0. The first kappa shape index (κ1) is 82.8. The second kappa shape index (κ2) is 44.3. The molecule has 14 aromatic carbocycles. The van der Waals surface area contributed by atoms with Gasteiger partial charge in [-0.2, -0.15) is 0 Å². The van der Waals surface area contributed by atoms with Crippen LogP contribution in [0.3, 0.4) is 0 Å². The Labute approximate surface area is 672 Å². The summed E-state index contributed by atoms with van der Waals surface area (Å²) in [5.41, 5.74) is 3.07. The van der Waals surface area contributed by atoms with Gasteiger partial charge in [0.2, 0.25) is 0 Å². The van der Waals surface area contributed by atoms with Gasteiger partial charge in [-0.05, 0) is 175 Å². The van der Waals surface area contributed by atoms with Crippen molar-refractivity contribution < 1.29 is 44.3 Å². The second-order valence-corrected chi connectivity index (χ2v) is 34.9. The molecule has 0 spiro atoms. The van der Waals surface area contributed by atoms with Crippen molar-refractivity contribution >= 4 is 131 Å². The largest absolute Gasteiger partial charge is 0.480 e. The van der Waals surface area contributed by atoms with Crippen molar-refractivity contribution in [2.45, 2.75) is 52.0 Å². The van der Waals surface area contributed by atoms with Crippen LogP contribution in [0.15, 0.2) is 401 Å². The van der Waals surface area contributed by atoms with Crippen molar-refractivity contribution in [3.05, 3.63) is 429 Å². The molecule has 1 atom stereocenters. The van der Waals surface area contributed by atoms with Gasteiger partial charge in [0.05, 0.1) is 11.3 Å². The smallest absolute Gasteiger partial charge is 0.326 e. The summed E-state index contributed by atoms with van der Waals surface area (Å²) in [6.07, 6.45) is 6.03. The molecule has 0 bridgehead atoms. The summed E-state index contributed by atoms with van der Waals surface area (Å²) >= 11 is 0. The van der Waals surface area contributed by atoms with Crippen LogP contribution in [0.5, 0.6) is 0 Å². The fraction of sp³-hybridized carbons (Fsp3) is 0.0918. The van der Waals surface area contributed by atoms with Crippen LogP contribution in [-0.2, 0) is 25.2 Å². The van der Waals surface area contributed by atoms with E-state index in [1.165, 1.54) is 69.7 Å². The van der Waals surface area contributed by atoms with E-state index >= 15 is 0 Å². The monoisotopic (exact) mass is 1620 g/mol. The number of carbonyl (C=O) groups excluding carboxylic acids is 2. The van der Waals surface area contributed by atoms with Gasteiger partial charge in [-0.15, -0.1) is 0 Å². The molecule has 0 aromatic heterocycles. The number of amides is 3. The maximum atomic E-state index is 14.0. The van der Waals surface area contributed by atoms with Crippen molar-refractivity contribution in [3.8, 4) is 0 Å². The predicted molar refractivity (Wildman–Crippen MR) is 471 cm³/mol. The van der Waals surface area contributed by atoms with E-state index in [1.54, 1.807) is 6.08 Å². The molecule has 3 amide bonds. The quantitative estimate of drug-likeness (QED) is 0.0478. The van der Waals surface area contributed by atoms with Crippen LogP contribution >= 0.6 is 31.7 Å². The van der Waals surface area contributed by atoms with Crippen LogP contribution in [0.1, 0.15) is 59.2 Å². The molecule has 111 heavy (non-hydrogen) atoms. The molecular weight excluding hydrogens is 1530 g/mol. The maximum Gasteiger partial charge on any atom is 0.326 e. The van der Waals surface area contributed by atoms with E-state index in [0.29, 0.717) is 5.69 Å². The van der Waals surface area contributed by atoms with Gasteiger partial charge < -0.3 is 21.1 Å². The summed E-state index contributed by atoms with van der Waals surface area (Å²) in [4.78, 5) is 37.5. The first-order valence-electron chi connectivity index (χ1n) is 37.0. The number of nitrogens with one attached hydrogen (secondary N) is 3. The standard InChI is InChI=1S/C26H30FN3O4.4C18H15P.Pd/c1-4-17-12-15(2)22(16(3)13-17)30-26(34)28-21-14-19(27)10-11-20(21)24(31)29-23(25(32)33)18-8-6-5-7-9-18;4*1-4-10-16(11-5-1)19(17-12-6-2-7-13-17)18-14-8-3-9-15-18;/h4,10-14,18,23H,1,5-9H2,2-3H3,(H,29,31)(H,32,33)(H2,28,30,34);4*1-15H;. The van der Waals surface area contributed by atoms with Crippen molar-refractivity contribution in [2.24, 2.45) is 5.92 Å². The number of carboxylic acid groups (broad SMARTS) is 1. The third-order valence-corrected chi connectivity index (χ3v) is 28.1. The van der Waals surface area contributed by atoms with Crippen molar-refractivity contribution in [3.63, 3.8) is 0 Å². The molecule has 4 N–H and O–H groups in total. The molecule has 1 aliphatic rings. The minimum absolute atomic E-state index is 0. The molecule has 558 valence electrons. The summed E-state index contributed by atoms with van der Waals surface area (Å²) in [5, 5.41) is 34.3. The van der Waals surface area contributed by atoms with E-state index in [2.05, 4.69) is 387 Å². The number of aryl methyl sites for hydroxylation is 2. The van der Waals surface area contributed by atoms with Crippen molar-refractivity contribution in [1.82, 2.24) is 5.32 Å². The third-order valence-electron chi connectivity index (χ3n) is 18.4. The number of benzene rings is 14. The van der Waals surface area contributed by atoms with E-state index in [4.69, 9.17) is 0 Å². The van der Waals surface area contributed by atoms with Crippen LogP contribution < -0.4 is 79.6 Å². The molecule has 1 aliphatic carbocycles. The van der Waals surface area contributed by atoms with Gasteiger partial charge in [-0.1, -0.05) is 396 Å². The van der Waals surface area contributed by atoms with E-state index < -0.39 is 61.5 Å².